The topological polar surface area (TPSA) is 67.0 Å². The van der Waals surface area contributed by atoms with E-state index in [0.717, 1.165) is 37.1 Å². The molecule has 0 saturated heterocycles. The van der Waals surface area contributed by atoms with Crippen molar-refractivity contribution in [1.82, 2.24) is 15.3 Å². The average molecular weight is 237 g/mol. The second-order valence-electron chi connectivity index (χ2n) is 4.32. The molecule has 17 heavy (non-hydrogen) atoms. The average Bonchev–Trinajstić information content (AvgIpc) is 2.36. The molecule has 5 heteroatoms. The third-order valence-corrected chi connectivity index (χ3v) is 3.10. The van der Waals surface area contributed by atoms with E-state index in [2.05, 4.69) is 22.2 Å². The van der Waals surface area contributed by atoms with Crippen molar-refractivity contribution in [3.63, 3.8) is 0 Å². The number of aromatic amines is 1. The van der Waals surface area contributed by atoms with Crippen molar-refractivity contribution < 1.29 is 4.74 Å². The highest BCUT2D eigenvalue weighted by Crippen LogP contribution is 2.18. The summed E-state index contributed by atoms with van der Waals surface area (Å²) in [6.45, 7) is 3.61. The number of H-pyrrole nitrogens is 1. The number of rotatable bonds is 4. The number of hydrogen-bond acceptors (Lipinski definition) is 4. The summed E-state index contributed by atoms with van der Waals surface area (Å²) >= 11 is 0. The minimum atomic E-state index is -0.111. The van der Waals surface area contributed by atoms with Gasteiger partial charge in [0.25, 0.3) is 5.56 Å². The fraction of sp³-hybridized carbons (Fsp3) is 0.667. The molecule has 0 spiro atoms. The van der Waals surface area contributed by atoms with Crippen LogP contribution in [0.25, 0.3) is 0 Å². The van der Waals surface area contributed by atoms with Crippen LogP contribution in [0.15, 0.2) is 4.79 Å². The summed E-state index contributed by atoms with van der Waals surface area (Å²) in [5.41, 5.74) is 1.68. The highest BCUT2D eigenvalue weighted by atomic mass is 16.5. The van der Waals surface area contributed by atoms with E-state index in [4.69, 9.17) is 4.74 Å². The number of fused-ring (bicyclic) bond motifs is 1. The molecular formula is C12H19N3O2. The lowest BCUT2D eigenvalue weighted by atomic mass is 10.1. The van der Waals surface area contributed by atoms with E-state index >= 15 is 0 Å². The van der Waals surface area contributed by atoms with Crippen LogP contribution in [0.5, 0.6) is 0 Å². The van der Waals surface area contributed by atoms with E-state index in [1.54, 1.807) is 7.11 Å². The van der Waals surface area contributed by atoms with Crippen LogP contribution in [0.4, 0.5) is 0 Å². The maximum absolute atomic E-state index is 11.9. The first-order valence-corrected chi connectivity index (χ1v) is 6.11. The second-order valence-corrected chi connectivity index (χ2v) is 4.32. The van der Waals surface area contributed by atoms with Crippen molar-refractivity contribution in [2.75, 3.05) is 13.7 Å². The largest absolute Gasteiger partial charge is 0.374 e. The molecule has 94 valence electrons. The second kappa shape index (κ2) is 5.42. The molecule has 0 aromatic carbocycles. The van der Waals surface area contributed by atoms with Crippen LogP contribution < -0.4 is 10.9 Å². The molecule has 2 heterocycles. The molecule has 0 radical (unpaired) electrons. The van der Waals surface area contributed by atoms with E-state index in [9.17, 15) is 4.79 Å². The van der Waals surface area contributed by atoms with Gasteiger partial charge in [0, 0.05) is 19.2 Å². The van der Waals surface area contributed by atoms with Gasteiger partial charge in [-0.3, -0.25) is 4.79 Å². The maximum atomic E-state index is 11.9. The first kappa shape index (κ1) is 12.3. The fourth-order valence-corrected chi connectivity index (χ4v) is 2.17. The monoisotopic (exact) mass is 237 g/mol. The number of nitrogens with one attached hydrogen (secondary N) is 2. The van der Waals surface area contributed by atoms with Gasteiger partial charge >= 0.3 is 0 Å². The molecule has 0 saturated carbocycles. The minimum Gasteiger partial charge on any atom is -0.374 e. The van der Waals surface area contributed by atoms with Crippen LogP contribution in [0.1, 0.15) is 43.0 Å². The Morgan fingerprint density at radius 3 is 3.06 bits per heavy atom. The van der Waals surface area contributed by atoms with Gasteiger partial charge in [0.15, 0.2) is 0 Å². The van der Waals surface area contributed by atoms with Crippen molar-refractivity contribution in [3.05, 3.63) is 27.4 Å². The van der Waals surface area contributed by atoms with Crippen LogP contribution in [0.3, 0.4) is 0 Å². The van der Waals surface area contributed by atoms with E-state index in [1.807, 2.05) is 0 Å². The van der Waals surface area contributed by atoms with Crippen molar-refractivity contribution in [2.45, 2.75) is 38.8 Å². The van der Waals surface area contributed by atoms with E-state index in [1.165, 1.54) is 0 Å². The minimum absolute atomic E-state index is 0.00958. The van der Waals surface area contributed by atoms with Gasteiger partial charge in [-0.05, 0) is 19.4 Å². The lowest BCUT2D eigenvalue weighted by molar-refractivity contribution is 0.0870. The summed E-state index contributed by atoms with van der Waals surface area (Å²) in [4.78, 5) is 19.3. The Morgan fingerprint density at radius 2 is 2.35 bits per heavy atom. The molecule has 0 amide bonds. The summed E-state index contributed by atoms with van der Waals surface area (Å²) in [5, 5.41) is 3.23. The molecular weight excluding hydrogens is 218 g/mol. The predicted molar refractivity (Wildman–Crippen MR) is 64.9 cm³/mol. The van der Waals surface area contributed by atoms with Crippen molar-refractivity contribution in [1.29, 1.82) is 0 Å². The maximum Gasteiger partial charge on any atom is 0.254 e. The molecule has 0 bridgehead atoms. The van der Waals surface area contributed by atoms with Gasteiger partial charge in [0.05, 0.1) is 5.69 Å². The summed E-state index contributed by atoms with van der Waals surface area (Å²) in [7, 11) is 1.65. The zero-order valence-corrected chi connectivity index (χ0v) is 10.4. The van der Waals surface area contributed by atoms with Crippen LogP contribution in [-0.2, 0) is 17.7 Å². The standard InChI is InChI=1S/C12H19N3O2/c1-3-4-10(17-2)11-14-9-7-13-6-5-8(9)12(16)15-11/h10,13H,3-7H2,1-2H3,(H,14,15,16). The van der Waals surface area contributed by atoms with Gasteiger partial charge in [0.1, 0.15) is 11.9 Å². The van der Waals surface area contributed by atoms with Gasteiger partial charge in [0.2, 0.25) is 0 Å². The summed E-state index contributed by atoms with van der Waals surface area (Å²) in [5.74, 6) is 0.654. The zero-order valence-electron chi connectivity index (χ0n) is 10.4. The summed E-state index contributed by atoms with van der Waals surface area (Å²) in [6.07, 6.45) is 2.51. The van der Waals surface area contributed by atoms with Gasteiger partial charge in [-0.2, -0.15) is 0 Å². The van der Waals surface area contributed by atoms with Gasteiger partial charge in [-0.1, -0.05) is 13.3 Å². The number of aromatic nitrogens is 2. The van der Waals surface area contributed by atoms with E-state index in [0.29, 0.717) is 12.4 Å². The van der Waals surface area contributed by atoms with Gasteiger partial charge in [-0.15, -0.1) is 0 Å². The molecule has 0 fully saturated rings. The molecule has 1 aliphatic heterocycles. The number of hydrogen-bond donors (Lipinski definition) is 2. The predicted octanol–water partition coefficient (Wildman–Crippen LogP) is 0.903. The third-order valence-electron chi connectivity index (χ3n) is 3.10. The Balaban J connectivity index is 2.36. The van der Waals surface area contributed by atoms with Crippen LogP contribution in [-0.4, -0.2) is 23.6 Å². The van der Waals surface area contributed by atoms with E-state index < -0.39 is 0 Å². The smallest absolute Gasteiger partial charge is 0.254 e. The van der Waals surface area contributed by atoms with Crippen molar-refractivity contribution in [3.8, 4) is 0 Å². The number of ether oxygens (including phenoxy) is 1. The van der Waals surface area contributed by atoms with E-state index in [-0.39, 0.29) is 11.7 Å². The molecule has 2 N–H and O–H groups in total. The molecule has 1 aromatic heterocycles. The highest BCUT2D eigenvalue weighted by molar-refractivity contribution is 5.21. The van der Waals surface area contributed by atoms with Crippen LogP contribution in [0, 0.1) is 0 Å². The molecule has 1 unspecified atom stereocenters. The van der Waals surface area contributed by atoms with Crippen LogP contribution >= 0.6 is 0 Å². The van der Waals surface area contributed by atoms with Crippen molar-refractivity contribution >= 4 is 0 Å². The zero-order chi connectivity index (χ0) is 12.3. The normalized spacial score (nSPS) is 16.6. The van der Waals surface area contributed by atoms with Crippen LogP contribution in [0.2, 0.25) is 0 Å². The molecule has 5 nitrogen and oxygen atoms in total. The Labute approximate surface area is 101 Å². The third kappa shape index (κ3) is 2.56. The fourth-order valence-electron chi connectivity index (χ4n) is 2.17. The first-order valence-electron chi connectivity index (χ1n) is 6.11. The molecule has 1 aromatic rings. The number of methoxy groups -OCH3 is 1. The van der Waals surface area contributed by atoms with Crippen molar-refractivity contribution in [2.24, 2.45) is 0 Å². The number of nitrogens with zero attached hydrogens (tertiary/aromatic N) is 1. The Hall–Kier alpha value is -1.20. The Morgan fingerprint density at radius 1 is 1.53 bits per heavy atom. The SMILES string of the molecule is CCCC(OC)c1nc2c(c(=O)[nH]1)CCNC2. The first-order chi connectivity index (χ1) is 8.26. The van der Waals surface area contributed by atoms with Gasteiger partial charge < -0.3 is 15.0 Å². The lowest BCUT2D eigenvalue weighted by Gasteiger charge is -2.19. The highest BCUT2D eigenvalue weighted by Gasteiger charge is 2.19. The molecule has 1 atom stereocenters. The quantitative estimate of drug-likeness (QED) is 0.816. The Kier molecular flexibility index (Phi) is 3.91. The summed E-state index contributed by atoms with van der Waals surface area (Å²) < 4.78 is 5.37. The van der Waals surface area contributed by atoms with Gasteiger partial charge in [-0.25, -0.2) is 4.98 Å². The summed E-state index contributed by atoms with van der Waals surface area (Å²) in [6, 6.07) is 0. The molecule has 2 rings (SSSR count). The molecule has 0 aliphatic carbocycles. The lowest BCUT2D eigenvalue weighted by Crippen LogP contribution is -2.32. The Bertz CT molecular complexity index is 442. The molecule has 1 aliphatic rings.